The number of nitrogens with zero attached hydrogens (tertiary/aromatic N) is 1. The van der Waals surface area contributed by atoms with Gasteiger partial charge in [0.25, 0.3) is 11.7 Å². The van der Waals surface area contributed by atoms with Crippen LogP contribution in [0.4, 0.5) is 0 Å². The third-order valence-electron chi connectivity index (χ3n) is 5.19. The Kier molecular flexibility index (Phi) is 4.32. The molecule has 0 unspecified atom stereocenters. The molecule has 0 fully saturated rings. The Morgan fingerprint density at radius 1 is 0.857 bits per heavy atom. The molecule has 28 heavy (non-hydrogen) atoms. The van der Waals surface area contributed by atoms with Crippen LogP contribution in [0, 0.1) is 6.92 Å². The quantitative estimate of drug-likeness (QED) is 0.426. The molecule has 1 heterocycles. The van der Waals surface area contributed by atoms with Crippen LogP contribution in [0.1, 0.15) is 16.1 Å². The second kappa shape index (κ2) is 6.82. The molecule has 0 aliphatic carbocycles. The minimum Gasteiger partial charge on any atom is -0.363 e. The Morgan fingerprint density at radius 2 is 1.54 bits per heavy atom. The highest BCUT2D eigenvalue weighted by Gasteiger charge is 2.24. The van der Waals surface area contributed by atoms with Gasteiger partial charge in [0, 0.05) is 29.4 Å². The van der Waals surface area contributed by atoms with E-state index >= 15 is 0 Å². The van der Waals surface area contributed by atoms with Gasteiger partial charge in [0.05, 0.1) is 5.69 Å². The summed E-state index contributed by atoms with van der Waals surface area (Å²) in [7, 11) is 1.96. The van der Waals surface area contributed by atoms with E-state index < -0.39 is 11.7 Å². The average molecular weight is 368 g/mol. The van der Waals surface area contributed by atoms with E-state index in [1.54, 1.807) is 0 Å². The van der Waals surface area contributed by atoms with Gasteiger partial charge in [-0.2, -0.15) is 0 Å². The molecule has 0 spiro atoms. The zero-order valence-corrected chi connectivity index (χ0v) is 15.8. The molecule has 3 aromatic carbocycles. The van der Waals surface area contributed by atoms with Crippen molar-refractivity contribution in [2.24, 2.45) is 12.8 Å². The predicted octanol–water partition coefficient (Wildman–Crippen LogP) is 4.49. The van der Waals surface area contributed by atoms with Gasteiger partial charge in [0.1, 0.15) is 0 Å². The molecular formula is C24H20N2O2. The molecule has 4 rings (SSSR count). The van der Waals surface area contributed by atoms with E-state index in [-0.39, 0.29) is 0 Å². The molecule has 0 saturated carbocycles. The molecule has 0 saturated heterocycles. The molecule has 2 N–H and O–H groups in total. The van der Waals surface area contributed by atoms with Crippen LogP contribution in [0.2, 0.25) is 0 Å². The molecule has 0 radical (unpaired) electrons. The molecular weight excluding hydrogens is 348 g/mol. The van der Waals surface area contributed by atoms with Crippen molar-refractivity contribution in [1.82, 2.24) is 4.57 Å². The van der Waals surface area contributed by atoms with Crippen LogP contribution >= 0.6 is 0 Å². The monoisotopic (exact) mass is 368 g/mol. The number of Topliss-reactive ketones (excluding diaryl/α,β-unsaturated/α-hetero) is 1. The Bertz CT molecular complexity index is 1220. The number of aryl methyl sites for hydroxylation is 1. The van der Waals surface area contributed by atoms with Gasteiger partial charge in [0.2, 0.25) is 0 Å². The highest BCUT2D eigenvalue weighted by atomic mass is 16.2. The molecule has 0 bridgehead atoms. The lowest BCUT2D eigenvalue weighted by Gasteiger charge is -2.15. The molecule has 1 aromatic heterocycles. The second-order valence-corrected chi connectivity index (χ2v) is 6.88. The fraction of sp³-hybridized carbons (Fsp3) is 0.0833. The molecule has 1 amide bonds. The molecule has 4 nitrogen and oxygen atoms in total. The topological polar surface area (TPSA) is 65.1 Å². The standard InChI is InChI=1S/C24H20N2O2/c1-15-14-20(16-8-4-3-5-9-16)22(26(15)2)19-13-12-17-10-6-7-11-18(17)21(19)23(27)24(25)28/h3-14H,1-2H3,(H2,25,28). The number of hydrogen-bond acceptors (Lipinski definition) is 2. The lowest BCUT2D eigenvalue weighted by Crippen LogP contribution is -2.24. The summed E-state index contributed by atoms with van der Waals surface area (Å²) >= 11 is 0. The lowest BCUT2D eigenvalue weighted by atomic mass is 9.91. The summed E-state index contributed by atoms with van der Waals surface area (Å²) in [6, 6.07) is 23.5. The van der Waals surface area contributed by atoms with Gasteiger partial charge in [-0.25, -0.2) is 0 Å². The summed E-state index contributed by atoms with van der Waals surface area (Å²) in [5.74, 6) is -1.63. The Labute approximate surface area is 163 Å². The lowest BCUT2D eigenvalue weighted by molar-refractivity contribution is -0.114. The van der Waals surface area contributed by atoms with Crippen molar-refractivity contribution in [1.29, 1.82) is 0 Å². The van der Waals surface area contributed by atoms with Gasteiger partial charge in [0.15, 0.2) is 0 Å². The van der Waals surface area contributed by atoms with Crippen LogP contribution in [0.3, 0.4) is 0 Å². The fourth-order valence-electron chi connectivity index (χ4n) is 3.73. The summed E-state index contributed by atoms with van der Waals surface area (Å²) in [4.78, 5) is 24.7. The van der Waals surface area contributed by atoms with Gasteiger partial charge in [-0.3, -0.25) is 9.59 Å². The van der Waals surface area contributed by atoms with Crippen LogP contribution in [-0.4, -0.2) is 16.3 Å². The van der Waals surface area contributed by atoms with E-state index in [9.17, 15) is 9.59 Å². The minimum absolute atomic E-state index is 0.351. The highest BCUT2D eigenvalue weighted by Crippen LogP contribution is 2.38. The van der Waals surface area contributed by atoms with Crippen LogP contribution in [0.15, 0.2) is 72.8 Å². The van der Waals surface area contributed by atoms with Gasteiger partial charge < -0.3 is 10.3 Å². The van der Waals surface area contributed by atoms with E-state index in [1.807, 2.05) is 85.3 Å². The zero-order chi connectivity index (χ0) is 19.8. The van der Waals surface area contributed by atoms with Crippen LogP contribution < -0.4 is 5.73 Å². The first-order valence-electron chi connectivity index (χ1n) is 9.07. The van der Waals surface area contributed by atoms with E-state index in [0.29, 0.717) is 11.1 Å². The number of fused-ring (bicyclic) bond motifs is 1. The number of nitrogens with two attached hydrogens (primary N) is 1. The average Bonchev–Trinajstić information content (AvgIpc) is 3.01. The first-order chi connectivity index (χ1) is 13.5. The number of carbonyl (C=O) groups excluding carboxylic acids is 2. The van der Waals surface area contributed by atoms with Crippen molar-refractivity contribution in [3.05, 3.63) is 84.1 Å². The second-order valence-electron chi connectivity index (χ2n) is 6.88. The molecule has 0 aliphatic heterocycles. The van der Waals surface area contributed by atoms with Crippen molar-refractivity contribution in [2.45, 2.75) is 6.92 Å². The Hall–Kier alpha value is -3.66. The zero-order valence-electron chi connectivity index (χ0n) is 15.8. The molecule has 0 aliphatic rings. The summed E-state index contributed by atoms with van der Waals surface area (Å²) in [6.07, 6.45) is 0. The third kappa shape index (κ3) is 2.79. The number of aromatic nitrogens is 1. The number of hydrogen-bond donors (Lipinski definition) is 1. The summed E-state index contributed by atoms with van der Waals surface area (Å²) in [5.41, 5.74) is 10.5. The Morgan fingerprint density at radius 3 is 2.25 bits per heavy atom. The largest absolute Gasteiger partial charge is 0.363 e. The maximum atomic E-state index is 12.8. The number of benzene rings is 3. The van der Waals surface area contributed by atoms with Gasteiger partial charge >= 0.3 is 0 Å². The number of ketones is 1. The maximum absolute atomic E-state index is 12.8. The number of carbonyl (C=O) groups is 2. The summed E-state index contributed by atoms with van der Waals surface area (Å²) in [6.45, 7) is 2.02. The SMILES string of the molecule is Cc1cc(-c2ccccc2)c(-c2ccc3ccccc3c2C(=O)C(N)=O)n1C. The summed E-state index contributed by atoms with van der Waals surface area (Å²) < 4.78 is 2.05. The predicted molar refractivity (Wildman–Crippen MR) is 112 cm³/mol. The fourth-order valence-corrected chi connectivity index (χ4v) is 3.73. The van der Waals surface area contributed by atoms with Gasteiger partial charge in [-0.15, -0.1) is 0 Å². The van der Waals surface area contributed by atoms with Crippen molar-refractivity contribution in [3.63, 3.8) is 0 Å². The maximum Gasteiger partial charge on any atom is 0.289 e. The normalized spacial score (nSPS) is 10.9. The van der Waals surface area contributed by atoms with Gasteiger partial charge in [-0.05, 0) is 29.3 Å². The molecule has 4 heteroatoms. The van der Waals surface area contributed by atoms with Crippen molar-refractivity contribution in [3.8, 4) is 22.4 Å². The van der Waals surface area contributed by atoms with Crippen molar-refractivity contribution >= 4 is 22.5 Å². The van der Waals surface area contributed by atoms with Crippen molar-refractivity contribution < 1.29 is 9.59 Å². The molecule has 0 atom stereocenters. The van der Waals surface area contributed by atoms with E-state index in [0.717, 1.165) is 33.3 Å². The summed E-state index contributed by atoms with van der Waals surface area (Å²) in [5, 5.41) is 1.62. The van der Waals surface area contributed by atoms with E-state index in [1.165, 1.54) is 0 Å². The first kappa shape index (κ1) is 17.7. The third-order valence-corrected chi connectivity index (χ3v) is 5.19. The number of primary amides is 1. The van der Waals surface area contributed by atoms with Crippen LogP contribution in [0.5, 0.6) is 0 Å². The van der Waals surface area contributed by atoms with Crippen molar-refractivity contribution in [2.75, 3.05) is 0 Å². The van der Waals surface area contributed by atoms with Gasteiger partial charge in [-0.1, -0.05) is 66.7 Å². The van der Waals surface area contributed by atoms with Crippen LogP contribution in [-0.2, 0) is 11.8 Å². The van der Waals surface area contributed by atoms with Crippen LogP contribution in [0.25, 0.3) is 33.2 Å². The number of amides is 1. The number of rotatable bonds is 4. The first-order valence-corrected chi connectivity index (χ1v) is 9.07. The van der Waals surface area contributed by atoms with E-state index in [2.05, 4.69) is 6.07 Å². The smallest absolute Gasteiger partial charge is 0.289 e. The van der Waals surface area contributed by atoms with E-state index in [4.69, 9.17) is 5.73 Å². The molecule has 138 valence electrons. The molecule has 4 aromatic rings. The Balaban J connectivity index is 2.10. The minimum atomic E-state index is -0.954. The highest BCUT2D eigenvalue weighted by molar-refractivity contribution is 6.45.